The number of likely N-dealkylation sites (N-methyl/N-ethyl adjacent to an activating group) is 1. The van der Waals surface area contributed by atoms with E-state index >= 15 is 0 Å². The molecule has 0 fully saturated rings. The van der Waals surface area contributed by atoms with Gasteiger partial charge in [0.1, 0.15) is 5.76 Å². The van der Waals surface area contributed by atoms with E-state index in [0.717, 1.165) is 29.4 Å². The van der Waals surface area contributed by atoms with Crippen molar-refractivity contribution in [2.45, 2.75) is 31.2 Å². The molecule has 3 N–H and O–H groups in total. The molecule has 90 valence electrons. The first-order valence-electron chi connectivity index (χ1n) is 5.34. The van der Waals surface area contributed by atoms with E-state index < -0.39 is 0 Å². The lowest BCUT2D eigenvalue weighted by atomic mass is 10.2. The fourth-order valence-corrected chi connectivity index (χ4v) is 2.38. The highest BCUT2D eigenvalue weighted by atomic mass is 32.2. The van der Waals surface area contributed by atoms with Crippen LogP contribution >= 0.6 is 11.8 Å². The predicted octanol–water partition coefficient (Wildman–Crippen LogP) is 1.53. The second-order valence-corrected chi connectivity index (χ2v) is 4.63. The smallest absolute Gasteiger partial charge is 0.234 e. The van der Waals surface area contributed by atoms with Crippen LogP contribution in [0.25, 0.3) is 0 Å². The van der Waals surface area contributed by atoms with Gasteiger partial charge in [-0.15, -0.1) is 11.8 Å². The van der Waals surface area contributed by atoms with Crippen molar-refractivity contribution in [3.8, 4) is 0 Å². The van der Waals surface area contributed by atoms with Gasteiger partial charge >= 0.3 is 0 Å². The number of aryl methyl sites for hydroxylation is 1. The van der Waals surface area contributed by atoms with E-state index in [2.05, 4.69) is 5.32 Å². The third kappa shape index (κ3) is 3.90. The number of thioether (sulfide) groups is 1. The zero-order chi connectivity index (χ0) is 12.0. The lowest BCUT2D eigenvalue weighted by Gasteiger charge is -2.13. The molecular formula is C11H18N2O2S. The number of primary amides is 1. The maximum atomic E-state index is 11.1. The van der Waals surface area contributed by atoms with Crippen molar-refractivity contribution in [1.82, 2.24) is 5.32 Å². The minimum atomic E-state index is -0.286. The lowest BCUT2D eigenvalue weighted by molar-refractivity contribution is -0.120. The van der Waals surface area contributed by atoms with Gasteiger partial charge in [0, 0.05) is 10.6 Å². The largest absolute Gasteiger partial charge is 0.468 e. The first kappa shape index (κ1) is 13.1. The molecule has 4 nitrogen and oxygen atoms in total. The van der Waals surface area contributed by atoms with Crippen molar-refractivity contribution in [3.63, 3.8) is 0 Å². The van der Waals surface area contributed by atoms with Gasteiger partial charge in [0.05, 0.1) is 12.3 Å². The third-order valence-corrected chi connectivity index (χ3v) is 3.44. The molecule has 1 heterocycles. The Morgan fingerprint density at radius 2 is 2.44 bits per heavy atom. The van der Waals surface area contributed by atoms with Gasteiger partial charge in [-0.1, -0.05) is 6.92 Å². The van der Waals surface area contributed by atoms with Crippen molar-refractivity contribution in [3.05, 3.63) is 18.1 Å². The van der Waals surface area contributed by atoms with Crippen LogP contribution in [0, 0.1) is 6.92 Å². The number of furan rings is 1. The van der Waals surface area contributed by atoms with Gasteiger partial charge < -0.3 is 15.5 Å². The molecular weight excluding hydrogens is 224 g/mol. The standard InChI is InChI=1S/C11H18N2O2S/c1-3-13-9(11(12)14)5-7-16-10-4-6-15-8(10)2/h4,6,9,13H,3,5,7H2,1-2H3,(H2,12,14). The minimum Gasteiger partial charge on any atom is -0.468 e. The number of rotatable bonds is 7. The van der Waals surface area contributed by atoms with Crippen LogP contribution in [0.1, 0.15) is 19.1 Å². The van der Waals surface area contributed by atoms with E-state index in [0.29, 0.717) is 0 Å². The Morgan fingerprint density at radius 1 is 1.69 bits per heavy atom. The van der Waals surface area contributed by atoms with Gasteiger partial charge in [0.2, 0.25) is 5.91 Å². The first-order chi connectivity index (χ1) is 7.65. The van der Waals surface area contributed by atoms with Crippen molar-refractivity contribution in [1.29, 1.82) is 0 Å². The molecule has 1 aromatic rings. The summed E-state index contributed by atoms with van der Waals surface area (Å²) in [6.45, 7) is 4.64. The summed E-state index contributed by atoms with van der Waals surface area (Å²) in [6, 6.07) is 1.71. The Hall–Kier alpha value is -0.940. The lowest BCUT2D eigenvalue weighted by Crippen LogP contribution is -2.41. The van der Waals surface area contributed by atoms with Crippen LogP contribution in [0.3, 0.4) is 0 Å². The van der Waals surface area contributed by atoms with Crippen LogP contribution in [0.4, 0.5) is 0 Å². The van der Waals surface area contributed by atoms with Crippen LogP contribution in [-0.2, 0) is 4.79 Å². The van der Waals surface area contributed by atoms with Crippen molar-refractivity contribution in [2.24, 2.45) is 5.73 Å². The number of amides is 1. The van der Waals surface area contributed by atoms with Gasteiger partial charge in [-0.25, -0.2) is 0 Å². The number of nitrogens with two attached hydrogens (primary N) is 1. The fraction of sp³-hybridized carbons (Fsp3) is 0.545. The normalized spacial score (nSPS) is 12.6. The summed E-state index contributed by atoms with van der Waals surface area (Å²) in [5.74, 6) is 1.48. The zero-order valence-electron chi connectivity index (χ0n) is 9.66. The molecule has 0 aliphatic heterocycles. The highest BCUT2D eigenvalue weighted by molar-refractivity contribution is 7.99. The van der Waals surface area contributed by atoms with E-state index in [9.17, 15) is 4.79 Å². The quantitative estimate of drug-likeness (QED) is 0.712. The summed E-state index contributed by atoms with van der Waals surface area (Å²) >= 11 is 1.68. The molecule has 1 amide bonds. The number of carbonyl (C=O) groups is 1. The van der Waals surface area contributed by atoms with Gasteiger partial charge in [-0.3, -0.25) is 4.79 Å². The Bertz CT molecular complexity index is 338. The maximum absolute atomic E-state index is 11.1. The van der Waals surface area contributed by atoms with Crippen molar-refractivity contribution < 1.29 is 9.21 Å². The molecule has 0 aromatic carbocycles. The molecule has 1 atom stereocenters. The van der Waals surface area contributed by atoms with Crippen LogP contribution in [0.2, 0.25) is 0 Å². The van der Waals surface area contributed by atoms with E-state index in [-0.39, 0.29) is 11.9 Å². The third-order valence-electron chi connectivity index (χ3n) is 2.27. The fourth-order valence-electron chi connectivity index (χ4n) is 1.40. The Morgan fingerprint density at radius 3 is 2.94 bits per heavy atom. The molecule has 1 aromatic heterocycles. The van der Waals surface area contributed by atoms with Crippen LogP contribution in [0.15, 0.2) is 21.6 Å². The SMILES string of the molecule is CCNC(CCSc1ccoc1C)C(N)=O. The minimum absolute atomic E-state index is 0.232. The van der Waals surface area contributed by atoms with Crippen molar-refractivity contribution >= 4 is 17.7 Å². The van der Waals surface area contributed by atoms with Crippen molar-refractivity contribution in [2.75, 3.05) is 12.3 Å². The highest BCUT2D eigenvalue weighted by Gasteiger charge is 2.13. The molecule has 0 aliphatic carbocycles. The summed E-state index contributed by atoms with van der Waals surface area (Å²) in [4.78, 5) is 12.2. The Balaban J connectivity index is 2.33. The van der Waals surface area contributed by atoms with Gasteiger partial charge in [0.15, 0.2) is 0 Å². The van der Waals surface area contributed by atoms with Gasteiger partial charge in [-0.2, -0.15) is 0 Å². The number of hydrogen-bond donors (Lipinski definition) is 2. The van der Waals surface area contributed by atoms with Crippen LogP contribution in [-0.4, -0.2) is 24.2 Å². The zero-order valence-corrected chi connectivity index (χ0v) is 10.5. The molecule has 1 rings (SSSR count). The molecule has 0 saturated heterocycles. The number of nitrogens with one attached hydrogen (secondary N) is 1. The molecule has 5 heteroatoms. The van der Waals surface area contributed by atoms with E-state index in [1.807, 2.05) is 19.9 Å². The molecule has 0 radical (unpaired) electrons. The summed E-state index contributed by atoms with van der Waals surface area (Å²) in [5.41, 5.74) is 5.28. The van der Waals surface area contributed by atoms with Gasteiger partial charge in [0.25, 0.3) is 0 Å². The number of hydrogen-bond acceptors (Lipinski definition) is 4. The highest BCUT2D eigenvalue weighted by Crippen LogP contribution is 2.23. The monoisotopic (exact) mass is 242 g/mol. The summed E-state index contributed by atoms with van der Waals surface area (Å²) in [7, 11) is 0. The van der Waals surface area contributed by atoms with E-state index in [4.69, 9.17) is 10.2 Å². The molecule has 0 bridgehead atoms. The molecule has 0 aliphatic rings. The predicted molar refractivity (Wildman–Crippen MR) is 65.4 cm³/mol. The summed E-state index contributed by atoms with van der Waals surface area (Å²) < 4.78 is 5.19. The Kier molecular flexibility index (Phi) is 5.42. The maximum Gasteiger partial charge on any atom is 0.234 e. The van der Waals surface area contributed by atoms with Gasteiger partial charge in [-0.05, 0) is 26.0 Å². The average Bonchev–Trinajstić information content (AvgIpc) is 2.63. The molecule has 16 heavy (non-hydrogen) atoms. The average molecular weight is 242 g/mol. The topological polar surface area (TPSA) is 68.3 Å². The molecule has 0 saturated carbocycles. The molecule has 0 spiro atoms. The van der Waals surface area contributed by atoms with E-state index in [1.165, 1.54) is 0 Å². The second-order valence-electron chi connectivity index (χ2n) is 3.49. The van der Waals surface area contributed by atoms with E-state index in [1.54, 1.807) is 18.0 Å². The molecule has 1 unspecified atom stereocenters. The second kappa shape index (κ2) is 6.60. The van der Waals surface area contributed by atoms with Crippen LogP contribution < -0.4 is 11.1 Å². The summed E-state index contributed by atoms with van der Waals surface area (Å²) in [6.07, 6.45) is 2.41. The first-order valence-corrected chi connectivity index (χ1v) is 6.33. The number of carbonyl (C=O) groups excluding carboxylic acids is 1. The summed E-state index contributed by atoms with van der Waals surface area (Å²) in [5, 5.41) is 3.07. The Labute approximate surface area is 100.0 Å². The van der Waals surface area contributed by atoms with Crippen LogP contribution in [0.5, 0.6) is 0 Å².